The molecule has 1 rings (SSSR count). The molecular formula is C14H29NO. The summed E-state index contributed by atoms with van der Waals surface area (Å²) in [5, 5.41) is 10.0. The van der Waals surface area contributed by atoms with Crippen LogP contribution in [0.4, 0.5) is 0 Å². The van der Waals surface area contributed by atoms with Crippen LogP contribution in [0.1, 0.15) is 47.5 Å². The number of hydrogen-bond acceptors (Lipinski definition) is 2. The summed E-state index contributed by atoms with van der Waals surface area (Å²) in [4.78, 5) is 2.51. The van der Waals surface area contributed by atoms with Gasteiger partial charge in [0.2, 0.25) is 0 Å². The normalized spacial score (nSPS) is 30.4. The zero-order valence-corrected chi connectivity index (χ0v) is 11.7. The molecule has 2 heteroatoms. The topological polar surface area (TPSA) is 23.5 Å². The van der Waals surface area contributed by atoms with Gasteiger partial charge in [-0.05, 0) is 36.6 Å². The van der Waals surface area contributed by atoms with E-state index in [4.69, 9.17) is 0 Å². The maximum absolute atomic E-state index is 10.0. The molecule has 3 unspecified atom stereocenters. The number of aliphatic hydroxyl groups excluding tert-OH is 1. The Balaban J connectivity index is 2.29. The van der Waals surface area contributed by atoms with E-state index in [-0.39, 0.29) is 11.5 Å². The van der Waals surface area contributed by atoms with Crippen LogP contribution in [0.5, 0.6) is 0 Å². The van der Waals surface area contributed by atoms with Crippen molar-refractivity contribution in [1.82, 2.24) is 4.90 Å². The number of aliphatic hydroxyl groups is 1. The molecule has 1 heterocycles. The molecule has 0 aromatic carbocycles. The molecule has 0 aromatic rings. The highest BCUT2D eigenvalue weighted by atomic mass is 16.3. The van der Waals surface area contributed by atoms with E-state index in [1.165, 1.54) is 19.5 Å². The van der Waals surface area contributed by atoms with E-state index in [1.54, 1.807) is 0 Å². The molecule has 0 radical (unpaired) electrons. The Morgan fingerprint density at radius 1 is 1.25 bits per heavy atom. The fourth-order valence-corrected chi connectivity index (χ4v) is 2.29. The van der Waals surface area contributed by atoms with Gasteiger partial charge < -0.3 is 10.0 Å². The quantitative estimate of drug-likeness (QED) is 0.801. The number of rotatable bonds is 3. The minimum absolute atomic E-state index is 0.0225. The summed E-state index contributed by atoms with van der Waals surface area (Å²) in [6.45, 7) is 14.5. The Morgan fingerprint density at radius 3 is 2.38 bits per heavy atom. The van der Waals surface area contributed by atoms with Gasteiger partial charge in [-0.1, -0.05) is 34.6 Å². The first kappa shape index (κ1) is 14.0. The highest BCUT2D eigenvalue weighted by molar-refractivity contribution is 4.78. The maximum atomic E-state index is 10.0. The molecule has 3 atom stereocenters. The van der Waals surface area contributed by atoms with Gasteiger partial charge in [0.05, 0.1) is 6.10 Å². The molecule has 1 saturated heterocycles. The molecule has 0 saturated carbocycles. The smallest absolute Gasteiger partial charge is 0.0600 e. The zero-order chi connectivity index (χ0) is 12.3. The van der Waals surface area contributed by atoms with Gasteiger partial charge in [-0.3, -0.25) is 0 Å². The molecule has 1 aliphatic heterocycles. The van der Waals surface area contributed by atoms with E-state index in [0.717, 1.165) is 24.8 Å². The summed E-state index contributed by atoms with van der Waals surface area (Å²) in [6.07, 6.45) is 2.04. The number of nitrogens with zero attached hydrogens (tertiary/aromatic N) is 1. The number of piperidine rings is 1. The van der Waals surface area contributed by atoms with Gasteiger partial charge in [0.15, 0.2) is 0 Å². The molecule has 0 spiro atoms. The highest BCUT2D eigenvalue weighted by Crippen LogP contribution is 2.25. The van der Waals surface area contributed by atoms with Gasteiger partial charge in [-0.25, -0.2) is 0 Å². The minimum atomic E-state index is -0.179. The molecule has 1 N–H and O–H groups in total. The lowest BCUT2D eigenvalue weighted by Gasteiger charge is -2.36. The molecule has 96 valence electrons. The van der Waals surface area contributed by atoms with E-state index in [1.807, 2.05) is 0 Å². The second-order valence-corrected chi connectivity index (χ2v) is 6.71. The number of likely N-dealkylation sites (tertiary alicyclic amines) is 1. The van der Waals surface area contributed by atoms with Crippen molar-refractivity contribution in [1.29, 1.82) is 0 Å². The first-order valence-corrected chi connectivity index (χ1v) is 6.71. The van der Waals surface area contributed by atoms with Crippen molar-refractivity contribution in [3.8, 4) is 0 Å². The molecule has 0 aromatic heterocycles. The summed E-state index contributed by atoms with van der Waals surface area (Å²) in [6, 6.07) is 0. The predicted octanol–water partition coefficient (Wildman–Crippen LogP) is 2.76. The largest absolute Gasteiger partial charge is 0.393 e. The minimum Gasteiger partial charge on any atom is -0.393 e. The average molecular weight is 227 g/mol. The van der Waals surface area contributed by atoms with Gasteiger partial charge in [0.25, 0.3) is 0 Å². The molecule has 0 amide bonds. The van der Waals surface area contributed by atoms with Crippen LogP contribution in [0.3, 0.4) is 0 Å². The molecule has 16 heavy (non-hydrogen) atoms. The fourth-order valence-electron chi connectivity index (χ4n) is 2.29. The first-order valence-electron chi connectivity index (χ1n) is 6.71. The summed E-state index contributed by atoms with van der Waals surface area (Å²) in [7, 11) is 0. The lowest BCUT2D eigenvalue weighted by atomic mass is 9.86. The van der Waals surface area contributed by atoms with Crippen LogP contribution >= 0.6 is 0 Å². The Kier molecular flexibility index (Phi) is 4.81. The zero-order valence-electron chi connectivity index (χ0n) is 11.7. The van der Waals surface area contributed by atoms with Crippen molar-refractivity contribution >= 4 is 0 Å². The van der Waals surface area contributed by atoms with Gasteiger partial charge >= 0.3 is 0 Å². The van der Waals surface area contributed by atoms with E-state index < -0.39 is 0 Å². The van der Waals surface area contributed by atoms with E-state index in [0.29, 0.717) is 0 Å². The Labute approximate surface area is 101 Å². The van der Waals surface area contributed by atoms with Crippen LogP contribution in [0.15, 0.2) is 0 Å². The summed E-state index contributed by atoms with van der Waals surface area (Å²) < 4.78 is 0. The maximum Gasteiger partial charge on any atom is 0.0600 e. The monoisotopic (exact) mass is 227 g/mol. The molecule has 0 aliphatic carbocycles. The van der Waals surface area contributed by atoms with Gasteiger partial charge in [0.1, 0.15) is 0 Å². The lowest BCUT2D eigenvalue weighted by molar-refractivity contribution is 0.0374. The Hall–Kier alpha value is -0.0800. The standard InChI is InChI=1S/C14H29NO/c1-11-6-8-15(10-12(11)2)9-7-13(16)14(3,4)5/h11-13,16H,6-10H2,1-5H3. The van der Waals surface area contributed by atoms with Crippen LogP contribution in [0.25, 0.3) is 0 Å². The third-order valence-electron chi connectivity index (χ3n) is 4.14. The van der Waals surface area contributed by atoms with Crippen molar-refractivity contribution in [2.45, 2.75) is 53.6 Å². The molecular weight excluding hydrogens is 198 g/mol. The predicted molar refractivity (Wildman–Crippen MR) is 69.5 cm³/mol. The molecule has 0 bridgehead atoms. The van der Waals surface area contributed by atoms with Crippen molar-refractivity contribution in [3.63, 3.8) is 0 Å². The summed E-state index contributed by atoms with van der Waals surface area (Å²) >= 11 is 0. The molecule has 1 fully saturated rings. The third-order valence-corrected chi connectivity index (χ3v) is 4.14. The van der Waals surface area contributed by atoms with Gasteiger partial charge in [-0.2, -0.15) is 0 Å². The van der Waals surface area contributed by atoms with E-state index >= 15 is 0 Å². The summed E-state index contributed by atoms with van der Waals surface area (Å²) in [5.41, 5.74) is 0.0225. The van der Waals surface area contributed by atoms with Crippen molar-refractivity contribution in [2.75, 3.05) is 19.6 Å². The van der Waals surface area contributed by atoms with Crippen LogP contribution in [-0.4, -0.2) is 35.7 Å². The van der Waals surface area contributed by atoms with Crippen LogP contribution in [0, 0.1) is 17.3 Å². The van der Waals surface area contributed by atoms with E-state index in [9.17, 15) is 5.11 Å². The SMILES string of the molecule is CC1CCN(CCC(O)C(C)(C)C)CC1C. The van der Waals surface area contributed by atoms with Crippen molar-refractivity contribution in [2.24, 2.45) is 17.3 Å². The Bertz CT molecular complexity index is 209. The second kappa shape index (κ2) is 5.50. The Morgan fingerprint density at radius 2 is 1.88 bits per heavy atom. The highest BCUT2D eigenvalue weighted by Gasteiger charge is 2.25. The number of hydrogen-bond donors (Lipinski definition) is 1. The van der Waals surface area contributed by atoms with Crippen LogP contribution in [-0.2, 0) is 0 Å². The lowest BCUT2D eigenvalue weighted by Crippen LogP contribution is -2.40. The molecule has 2 nitrogen and oxygen atoms in total. The van der Waals surface area contributed by atoms with Crippen LogP contribution < -0.4 is 0 Å². The fraction of sp³-hybridized carbons (Fsp3) is 1.00. The third kappa shape index (κ3) is 4.06. The summed E-state index contributed by atoms with van der Waals surface area (Å²) in [5.74, 6) is 1.67. The first-order chi connectivity index (χ1) is 7.30. The average Bonchev–Trinajstić information content (AvgIpc) is 2.18. The van der Waals surface area contributed by atoms with Gasteiger partial charge in [-0.15, -0.1) is 0 Å². The van der Waals surface area contributed by atoms with E-state index in [2.05, 4.69) is 39.5 Å². The van der Waals surface area contributed by atoms with Crippen molar-refractivity contribution < 1.29 is 5.11 Å². The van der Waals surface area contributed by atoms with Crippen LogP contribution in [0.2, 0.25) is 0 Å². The second-order valence-electron chi connectivity index (χ2n) is 6.71. The molecule has 1 aliphatic rings. The van der Waals surface area contributed by atoms with Crippen molar-refractivity contribution in [3.05, 3.63) is 0 Å². The van der Waals surface area contributed by atoms with Gasteiger partial charge in [0, 0.05) is 13.1 Å².